The quantitative estimate of drug-likeness (QED) is 0.606. The Bertz CT molecular complexity index is 400. The fourth-order valence-corrected chi connectivity index (χ4v) is 3.76. The summed E-state index contributed by atoms with van der Waals surface area (Å²) in [7, 11) is 0. The van der Waals surface area contributed by atoms with Gasteiger partial charge in [-0.2, -0.15) is 0 Å². The van der Waals surface area contributed by atoms with E-state index < -0.39 is 0 Å². The lowest BCUT2D eigenvalue weighted by Crippen LogP contribution is -2.43. The summed E-state index contributed by atoms with van der Waals surface area (Å²) in [6.45, 7) is 2.29. The molecule has 1 aromatic carbocycles. The molecule has 1 aliphatic rings. The van der Waals surface area contributed by atoms with E-state index in [1.54, 1.807) is 0 Å². The van der Waals surface area contributed by atoms with Gasteiger partial charge in [-0.15, -0.1) is 0 Å². The molecule has 0 radical (unpaired) electrons. The van der Waals surface area contributed by atoms with Gasteiger partial charge in [0.25, 0.3) is 0 Å². The van der Waals surface area contributed by atoms with Crippen molar-refractivity contribution in [2.45, 2.75) is 57.9 Å². The molecule has 1 saturated carbocycles. The average Bonchev–Trinajstić information content (AvgIpc) is 2.48. The zero-order valence-corrected chi connectivity index (χ0v) is 13.2. The van der Waals surface area contributed by atoms with Crippen LogP contribution in [0.4, 0.5) is 0 Å². The van der Waals surface area contributed by atoms with E-state index in [0.717, 1.165) is 17.4 Å². The first kappa shape index (κ1) is 15.8. The summed E-state index contributed by atoms with van der Waals surface area (Å²) in [5.41, 5.74) is 4.24. The second-order valence-corrected chi connectivity index (χ2v) is 6.55. The Labute approximate surface area is 128 Å². The highest BCUT2D eigenvalue weighted by Gasteiger charge is 2.27. The molecule has 0 aliphatic heterocycles. The molecule has 1 atom stereocenters. The Morgan fingerprint density at radius 2 is 1.95 bits per heavy atom. The predicted molar refractivity (Wildman–Crippen MR) is 86.6 cm³/mol. The number of hydrogen-bond donors (Lipinski definition) is 2. The number of nitrogens with one attached hydrogen (secondary N) is 1. The number of nitrogens with two attached hydrogens (primary N) is 1. The lowest BCUT2D eigenvalue weighted by Gasteiger charge is -2.33. The lowest BCUT2D eigenvalue weighted by atomic mass is 9.76. The normalized spacial score (nSPS) is 24.6. The molecular weight excluding hydrogens is 268 g/mol. The average molecular weight is 295 g/mol. The number of halogens is 1. The van der Waals surface area contributed by atoms with Crippen LogP contribution in [0.2, 0.25) is 5.02 Å². The third-order valence-corrected chi connectivity index (χ3v) is 5.14. The van der Waals surface area contributed by atoms with Crippen LogP contribution < -0.4 is 11.3 Å². The van der Waals surface area contributed by atoms with Crippen LogP contribution in [0.15, 0.2) is 24.3 Å². The summed E-state index contributed by atoms with van der Waals surface area (Å²) in [6, 6.07) is 8.44. The van der Waals surface area contributed by atoms with Gasteiger partial charge < -0.3 is 0 Å². The molecule has 3 heteroatoms. The van der Waals surface area contributed by atoms with Crippen LogP contribution in [0.25, 0.3) is 0 Å². The molecule has 3 N–H and O–H groups in total. The maximum atomic E-state index is 6.26. The van der Waals surface area contributed by atoms with E-state index in [2.05, 4.69) is 18.4 Å². The Morgan fingerprint density at radius 3 is 2.55 bits per heavy atom. The Balaban J connectivity index is 1.91. The fraction of sp³-hybridized carbons (Fsp3) is 0.647. The number of hydrogen-bond acceptors (Lipinski definition) is 2. The fourth-order valence-electron chi connectivity index (χ4n) is 3.55. The van der Waals surface area contributed by atoms with Crippen molar-refractivity contribution >= 4 is 11.6 Å². The largest absolute Gasteiger partial charge is 0.271 e. The van der Waals surface area contributed by atoms with Crippen molar-refractivity contribution in [1.29, 1.82) is 0 Å². The zero-order valence-electron chi connectivity index (χ0n) is 12.4. The summed E-state index contributed by atoms with van der Waals surface area (Å²) < 4.78 is 0. The van der Waals surface area contributed by atoms with Gasteiger partial charge in [0, 0.05) is 11.1 Å². The molecule has 0 heterocycles. The van der Waals surface area contributed by atoms with Gasteiger partial charge in [0.2, 0.25) is 0 Å². The van der Waals surface area contributed by atoms with Gasteiger partial charge in [0.15, 0.2) is 0 Å². The molecule has 2 rings (SSSR count). The summed E-state index contributed by atoms with van der Waals surface area (Å²) >= 11 is 6.26. The lowest BCUT2D eigenvalue weighted by molar-refractivity contribution is 0.213. The van der Waals surface area contributed by atoms with E-state index in [4.69, 9.17) is 17.4 Å². The topological polar surface area (TPSA) is 38.0 Å². The van der Waals surface area contributed by atoms with Gasteiger partial charge >= 0.3 is 0 Å². The van der Waals surface area contributed by atoms with Crippen molar-refractivity contribution < 1.29 is 0 Å². The second-order valence-electron chi connectivity index (χ2n) is 6.14. The third-order valence-electron chi connectivity index (χ3n) is 4.77. The highest BCUT2D eigenvalue weighted by atomic mass is 35.5. The van der Waals surface area contributed by atoms with Gasteiger partial charge in [-0.25, -0.2) is 0 Å². The second kappa shape index (κ2) is 8.02. The van der Waals surface area contributed by atoms with Crippen molar-refractivity contribution in [3.63, 3.8) is 0 Å². The minimum atomic E-state index is 0.345. The number of rotatable bonds is 6. The molecular formula is C17H27ClN2. The molecule has 1 unspecified atom stereocenters. The first-order chi connectivity index (χ1) is 9.74. The first-order valence-corrected chi connectivity index (χ1v) is 8.32. The van der Waals surface area contributed by atoms with Crippen LogP contribution in [0.5, 0.6) is 0 Å². The van der Waals surface area contributed by atoms with Crippen molar-refractivity contribution in [2.24, 2.45) is 17.7 Å². The summed E-state index contributed by atoms with van der Waals surface area (Å²) in [4.78, 5) is 0. The van der Waals surface area contributed by atoms with Crippen molar-refractivity contribution in [2.75, 3.05) is 0 Å². The molecule has 2 nitrogen and oxygen atoms in total. The molecule has 1 aromatic rings. The van der Waals surface area contributed by atoms with E-state index in [9.17, 15) is 0 Å². The Kier molecular flexibility index (Phi) is 6.34. The molecule has 1 aliphatic carbocycles. The van der Waals surface area contributed by atoms with E-state index >= 15 is 0 Å². The van der Waals surface area contributed by atoms with Gasteiger partial charge in [0.05, 0.1) is 0 Å². The highest BCUT2D eigenvalue weighted by Crippen LogP contribution is 2.34. The Morgan fingerprint density at radius 1 is 1.25 bits per heavy atom. The predicted octanol–water partition coefficient (Wildman–Crippen LogP) is 4.32. The molecule has 0 spiro atoms. The van der Waals surface area contributed by atoms with Gasteiger partial charge in [-0.1, -0.05) is 62.4 Å². The molecule has 0 bridgehead atoms. The first-order valence-electron chi connectivity index (χ1n) is 7.94. The van der Waals surface area contributed by atoms with Crippen LogP contribution in [0.1, 0.15) is 51.0 Å². The van der Waals surface area contributed by atoms with Crippen LogP contribution >= 0.6 is 11.6 Å². The molecule has 1 fully saturated rings. The summed E-state index contributed by atoms with van der Waals surface area (Å²) in [6.07, 6.45) is 8.94. The summed E-state index contributed by atoms with van der Waals surface area (Å²) in [5.74, 6) is 7.43. The van der Waals surface area contributed by atoms with Crippen LogP contribution in [0.3, 0.4) is 0 Å². The Hall–Kier alpha value is -0.570. The van der Waals surface area contributed by atoms with Gasteiger partial charge in [-0.05, 0) is 42.7 Å². The summed E-state index contributed by atoms with van der Waals surface area (Å²) in [5, 5.41) is 0.854. The van der Waals surface area contributed by atoms with Gasteiger partial charge in [-0.3, -0.25) is 11.3 Å². The van der Waals surface area contributed by atoms with E-state index in [-0.39, 0.29) is 0 Å². The van der Waals surface area contributed by atoms with Gasteiger partial charge in [0.1, 0.15) is 0 Å². The highest BCUT2D eigenvalue weighted by molar-refractivity contribution is 6.31. The standard InChI is InChI=1S/C17H27ClN2/c1-2-5-13-8-10-14(11-9-13)17(20-19)12-15-6-3-4-7-16(15)18/h3-4,6-7,13-14,17,20H,2,5,8-12,19H2,1H3. The third kappa shape index (κ3) is 4.21. The van der Waals surface area contributed by atoms with Crippen LogP contribution in [0, 0.1) is 11.8 Å². The molecule has 20 heavy (non-hydrogen) atoms. The van der Waals surface area contributed by atoms with E-state index in [1.165, 1.54) is 44.1 Å². The molecule has 112 valence electrons. The van der Waals surface area contributed by atoms with E-state index in [1.807, 2.05) is 18.2 Å². The van der Waals surface area contributed by atoms with Crippen LogP contribution in [-0.2, 0) is 6.42 Å². The minimum absolute atomic E-state index is 0.345. The van der Waals surface area contributed by atoms with Crippen molar-refractivity contribution in [3.8, 4) is 0 Å². The molecule has 0 saturated heterocycles. The van der Waals surface area contributed by atoms with E-state index in [0.29, 0.717) is 12.0 Å². The minimum Gasteiger partial charge on any atom is -0.271 e. The molecule has 0 aromatic heterocycles. The smallest absolute Gasteiger partial charge is 0.0438 e. The number of hydrazine groups is 1. The monoisotopic (exact) mass is 294 g/mol. The number of benzene rings is 1. The maximum absolute atomic E-state index is 6.26. The van der Waals surface area contributed by atoms with Crippen molar-refractivity contribution in [1.82, 2.24) is 5.43 Å². The zero-order chi connectivity index (χ0) is 14.4. The van der Waals surface area contributed by atoms with Crippen LogP contribution in [-0.4, -0.2) is 6.04 Å². The maximum Gasteiger partial charge on any atom is 0.0438 e. The van der Waals surface area contributed by atoms with Crippen molar-refractivity contribution in [3.05, 3.63) is 34.9 Å². The molecule has 0 amide bonds. The SMILES string of the molecule is CCCC1CCC(C(Cc2ccccc2Cl)NN)CC1.